The molecule has 0 radical (unpaired) electrons. The van der Waals surface area contributed by atoms with Gasteiger partial charge in [-0.05, 0) is 55.0 Å². The Labute approximate surface area is 162 Å². The van der Waals surface area contributed by atoms with Crippen molar-refractivity contribution in [1.29, 1.82) is 0 Å². The Morgan fingerprint density at radius 3 is 2.00 bits per heavy atom. The zero-order valence-electron chi connectivity index (χ0n) is 17.3. The van der Waals surface area contributed by atoms with Gasteiger partial charge < -0.3 is 15.5 Å². The number of carboxylic acids is 1. The highest BCUT2D eigenvalue weighted by molar-refractivity contribution is 7.99. The van der Waals surface area contributed by atoms with Gasteiger partial charge in [0.05, 0.1) is 0 Å². The fourth-order valence-electron chi connectivity index (χ4n) is 2.66. The molecule has 0 saturated heterocycles. The number of thioether (sulfide) groups is 1. The van der Waals surface area contributed by atoms with Crippen molar-refractivity contribution in [2.75, 3.05) is 12.3 Å². The number of benzene rings is 1. The van der Waals surface area contributed by atoms with Crippen molar-refractivity contribution in [2.24, 2.45) is 0 Å². The molecule has 4 nitrogen and oxygen atoms in total. The molecule has 0 aliphatic rings. The van der Waals surface area contributed by atoms with E-state index in [2.05, 4.69) is 59.0 Å². The van der Waals surface area contributed by atoms with Crippen molar-refractivity contribution in [1.82, 2.24) is 5.32 Å². The quantitative estimate of drug-likeness (QED) is 0.440. The SMILES string of the molecule is CC(NCCCCSc1cc(C(C)(C)C)c(O)c(C(C)(C)C)c1)C(=O)O. The maximum Gasteiger partial charge on any atom is 0.320 e. The van der Waals surface area contributed by atoms with Crippen LogP contribution < -0.4 is 5.32 Å². The number of aromatic hydroxyl groups is 1. The van der Waals surface area contributed by atoms with Crippen LogP contribution in [0.2, 0.25) is 0 Å². The van der Waals surface area contributed by atoms with Gasteiger partial charge in [0.2, 0.25) is 0 Å². The lowest BCUT2D eigenvalue weighted by atomic mass is 9.79. The second-order valence-corrected chi connectivity index (χ2v) is 10.1. The number of hydrogen-bond acceptors (Lipinski definition) is 4. The Morgan fingerprint density at radius 1 is 1.08 bits per heavy atom. The van der Waals surface area contributed by atoms with Crippen LogP contribution in [0, 0.1) is 0 Å². The molecule has 1 rings (SSSR count). The van der Waals surface area contributed by atoms with E-state index >= 15 is 0 Å². The van der Waals surface area contributed by atoms with Crippen LogP contribution in [0.15, 0.2) is 17.0 Å². The predicted molar refractivity (Wildman–Crippen MR) is 111 cm³/mol. The first-order valence-corrected chi connectivity index (χ1v) is 10.3. The number of phenols is 1. The van der Waals surface area contributed by atoms with E-state index in [4.69, 9.17) is 5.11 Å². The van der Waals surface area contributed by atoms with Crippen molar-refractivity contribution in [2.45, 2.75) is 83.1 Å². The van der Waals surface area contributed by atoms with Gasteiger partial charge in [-0.3, -0.25) is 4.79 Å². The summed E-state index contributed by atoms with van der Waals surface area (Å²) < 4.78 is 0. The lowest BCUT2D eigenvalue weighted by Gasteiger charge is -2.28. The number of unbranched alkanes of at least 4 members (excludes halogenated alkanes) is 1. The zero-order valence-corrected chi connectivity index (χ0v) is 18.1. The van der Waals surface area contributed by atoms with Crippen molar-refractivity contribution >= 4 is 17.7 Å². The molecule has 1 aromatic rings. The molecule has 5 heteroatoms. The molecule has 148 valence electrons. The number of hydrogen-bond donors (Lipinski definition) is 3. The largest absolute Gasteiger partial charge is 0.507 e. The molecule has 26 heavy (non-hydrogen) atoms. The molecule has 0 bridgehead atoms. The number of aliphatic carboxylic acids is 1. The maximum atomic E-state index is 10.8. The van der Waals surface area contributed by atoms with E-state index in [-0.39, 0.29) is 10.8 Å². The Hall–Kier alpha value is -1.20. The van der Waals surface area contributed by atoms with E-state index in [9.17, 15) is 9.90 Å². The molecule has 0 aliphatic carbocycles. The Morgan fingerprint density at radius 2 is 1.58 bits per heavy atom. The first-order chi connectivity index (χ1) is 11.8. The lowest BCUT2D eigenvalue weighted by Crippen LogP contribution is -2.34. The van der Waals surface area contributed by atoms with Crippen molar-refractivity contribution in [3.05, 3.63) is 23.3 Å². The Balaban J connectivity index is 2.74. The molecule has 3 N–H and O–H groups in total. The first kappa shape index (κ1) is 22.8. The average molecular weight is 382 g/mol. The Bertz CT molecular complexity index is 580. The van der Waals surface area contributed by atoms with Crippen LogP contribution in [0.4, 0.5) is 0 Å². The summed E-state index contributed by atoms with van der Waals surface area (Å²) in [6.07, 6.45) is 1.96. The highest BCUT2D eigenvalue weighted by atomic mass is 32.2. The summed E-state index contributed by atoms with van der Waals surface area (Å²) >= 11 is 1.80. The maximum absolute atomic E-state index is 10.8. The van der Waals surface area contributed by atoms with Gasteiger partial charge in [-0.25, -0.2) is 0 Å². The molecule has 1 aromatic carbocycles. The van der Waals surface area contributed by atoms with Crippen LogP contribution in [-0.2, 0) is 15.6 Å². The minimum atomic E-state index is -0.812. The molecule has 0 heterocycles. The molecular formula is C21H35NO3S. The van der Waals surface area contributed by atoms with Gasteiger partial charge in [0.1, 0.15) is 11.8 Å². The van der Waals surface area contributed by atoms with E-state index < -0.39 is 12.0 Å². The molecule has 1 atom stereocenters. The zero-order chi connectivity index (χ0) is 20.1. The summed E-state index contributed by atoms with van der Waals surface area (Å²) in [6, 6.07) is 3.73. The first-order valence-electron chi connectivity index (χ1n) is 9.31. The number of phenolic OH excluding ortho intramolecular Hbond substituents is 1. The molecular weight excluding hydrogens is 346 g/mol. The smallest absolute Gasteiger partial charge is 0.320 e. The van der Waals surface area contributed by atoms with Gasteiger partial charge in [-0.1, -0.05) is 41.5 Å². The second kappa shape index (κ2) is 9.14. The third-order valence-corrected chi connectivity index (χ3v) is 5.42. The molecule has 0 amide bonds. The van der Waals surface area contributed by atoms with Crippen LogP contribution in [0.25, 0.3) is 0 Å². The molecule has 0 spiro atoms. The van der Waals surface area contributed by atoms with Gasteiger partial charge in [0, 0.05) is 16.0 Å². The van der Waals surface area contributed by atoms with Crippen LogP contribution in [0.3, 0.4) is 0 Å². The highest BCUT2D eigenvalue weighted by Gasteiger charge is 2.26. The van der Waals surface area contributed by atoms with Crippen molar-refractivity contribution in [3.63, 3.8) is 0 Å². The number of carboxylic acid groups (broad SMARTS) is 1. The Kier molecular flexibility index (Phi) is 8.03. The van der Waals surface area contributed by atoms with E-state index in [1.807, 2.05) is 0 Å². The minimum Gasteiger partial charge on any atom is -0.507 e. The molecule has 0 aliphatic heterocycles. The van der Waals surface area contributed by atoms with E-state index in [1.54, 1.807) is 18.7 Å². The van der Waals surface area contributed by atoms with Gasteiger partial charge in [-0.15, -0.1) is 11.8 Å². The summed E-state index contributed by atoms with van der Waals surface area (Å²) in [7, 11) is 0. The molecule has 0 fully saturated rings. The van der Waals surface area contributed by atoms with E-state index in [1.165, 1.54) is 4.90 Å². The topological polar surface area (TPSA) is 69.6 Å². The van der Waals surface area contributed by atoms with E-state index in [0.29, 0.717) is 12.3 Å². The fourth-order valence-corrected chi connectivity index (χ4v) is 3.64. The van der Waals surface area contributed by atoms with Crippen LogP contribution in [-0.4, -0.2) is 34.5 Å². The summed E-state index contributed by atoms with van der Waals surface area (Å²) in [6.45, 7) is 15.1. The third kappa shape index (κ3) is 6.84. The number of rotatable bonds is 8. The normalized spacial score (nSPS) is 13.7. The molecule has 0 aromatic heterocycles. The summed E-state index contributed by atoms with van der Waals surface area (Å²) in [5.41, 5.74) is 1.75. The molecule has 0 saturated carbocycles. The van der Waals surface area contributed by atoms with Gasteiger partial charge in [0.25, 0.3) is 0 Å². The predicted octanol–water partition coefficient (Wildman–Crippen LogP) is 4.92. The van der Waals surface area contributed by atoms with Gasteiger partial charge in [-0.2, -0.15) is 0 Å². The fraction of sp³-hybridized carbons (Fsp3) is 0.667. The second-order valence-electron chi connectivity index (χ2n) is 8.94. The number of nitrogens with one attached hydrogen (secondary N) is 1. The van der Waals surface area contributed by atoms with Crippen molar-refractivity contribution < 1.29 is 15.0 Å². The van der Waals surface area contributed by atoms with Crippen molar-refractivity contribution in [3.8, 4) is 5.75 Å². The lowest BCUT2D eigenvalue weighted by molar-refractivity contribution is -0.138. The third-order valence-electron chi connectivity index (χ3n) is 4.36. The summed E-state index contributed by atoms with van der Waals surface area (Å²) in [4.78, 5) is 12.0. The van der Waals surface area contributed by atoms with Crippen LogP contribution in [0.1, 0.15) is 72.4 Å². The average Bonchev–Trinajstić information content (AvgIpc) is 2.49. The van der Waals surface area contributed by atoms with Crippen LogP contribution >= 0.6 is 11.8 Å². The molecule has 1 unspecified atom stereocenters. The minimum absolute atomic E-state index is 0.114. The monoisotopic (exact) mass is 381 g/mol. The summed E-state index contributed by atoms with van der Waals surface area (Å²) in [5.74, 6) is 0.579. The van der Waals surface area contributed by atoms with Gasteiger partial charge >= 0.3 is 5.97 Å². The van der Waals surface area contributed by atoms with E-state index in [0.717, 1.165) is 29.7 Å². The standard InChI is InChI=1S/C21H35NO3S/c1-14(19(24)25)22-10-8-9-11-26-15-12-16(20(2,3)4)18(23)17(13-15)21(5,6)7/h12-14,22-23H,8-11H2,1-7H3,(H,24,25). The number of carbonyl (C=O) groups is 1. The highest BCUT2D eigenvalue weighted by Crippen LogP contribution is 2.41. The van der Waals surface area contributed by atoms with Crippen LogP contribution in [0.5, 0.6) is 5.75 Å². The summed E-state index contributed by atoms with van der Waals surface area (Å²) in [5, 5.41) is 22.6. The van der Waals surface area contributed by atoms with Gasteiger partial charge in [0.15, 0.2) is 0 Å².